The molecule has 0 saturated heterocycles. The monoisotopic (exact) mass is 205 g/mol. The van der Waals surface area contributed by atoms with Gasteiger partial charge in [-0.25, -0.2) is 4.98 Å². The molecule has 1 rings (SSSR count). The zero-order valence-corrected chi connectivity index (χ0v) is 8.74. The highest BCUT2D eigenvalue weighted by molar-refractivity contribution is 7.12. The van der Waals surface area contributed by atoms with E-state index in [2.05, 4.69) is 4.98 Å². The molecule has 0 bridgehead atoms. The van der Waals surface area contributed by atoms with Gasteiger partial charge in [-0.3, -0.25) is 0 Å². The molecule has 0 aliphatic rings. The van der Waals surface area contributed by atoms with Gasteiger partial charge in [-0.2, -0.15) is 0 Å². The average molecular weight is 206 g/mol. The van der Waals surface area contributed by atoms with Crippen molar-refractivity contribution in [3.05, 3.63) is 15.6 Å². The van der Waals surface area contributed by atoms with Crippen LogP contribution in [0, 0.1) is 6.92 Å². The molecule has 1 N–H and O–H groups in total. The van der Waals surface area contributed by atoms with E-state index in [0.717, 1.165) is 15.6 Å². The molecule has 0 saturated carbocycles. The molecule has 4 heteroatoms. The predicted molar refractivity (Wildman–Crippen MR) is 51.9 cm³/mol. The quantitative estimate of drug-likeness (QED) is 0.769. The number of nitrogens with zero attached hydrogens (tertiary/aromatic N) is 1. The lowest BCUT2D eigenvalue weighted by atomic mass is 10.3. The summed E-state index contributed by atoms with van der Waals surface area (Å²) < 4.78 is 0. The molecule has 0 unspecified atom stereocenters. The van der Waals surface area contributed by atoms with E-state index in [1.165, 1.54) is 0 Å². The average Bonchev–Trinajstić information content (AvgIpc) is 2.34. The molecule has 1 atom stereocenters. The minimum Gasteiger partial charge on any atom is -0.396 e. The van der Waals surface area contributed by atoms with Gasteiger partial charge in [0.2, 0.25) is 0 Å². The van der Waals surface area contributed by atoms with E-state index in [1.54, 1.807) is 11.3 Å². The predicted octanol–water partition coefficient (Wildman–Crippen LogP) is 2.29. The van der Waals surface area contributed by atoms with E-state index in [0.29, 0.717) is 6.42 Å². The zero-order valence-electron chi connectivity index (χ0n) is 7.17. The van der Waals surface area contributed by atoms with Crippen molar-refractivity contribution in [1.82, 2.24) is 4.98 Å². The second-order valence-corrected chi connectivity index (χ2v) is 4.42. The zero-order chi connectivity index (χ0) is 9.14. The maximum atomic E-state index is 8.74. The van der Waals surface area contributed by atoms with Crippen LogP contribution in [0.15, 0.2) is 0 Å². The Bertz CT molecular complexity index is 260. The topological polar surface area (TPSA) is 33.1 Å². The molecule has 0 amide bonds. The smallest absolute Gasteiger partial charge is 0.111 e. The van der Waals surface area contributed by atoms with Crippen LogP contribution >= 0.6 is 22.9 Å². The Labute approximate surface area is 81.2 Å². The van der Waals surface area contributed by atoms with Gasteiger partial charge in [0.15, 0.2) is 0 Å². The van der Waals surface area contributed by atoms with Gasteiger partial charge in [-0.05, 0) is 13.8 Å². The Morgan fingerprint density at radius 2 is 2.33 bits per heavy atom. The van der Waals surface area contributed by atoms with Gasteiger partial charge in [0.1, 0.15) is 5.01 Å². The molecule has 1 aromatic rings. The summed E-state index contributed by atoms with van der Waals surface area (Å²) in [6.45, 7) is 4.03. The summed E-state index contributed by atoms with van der Waals surface area (Å²) in [6, 6.07) is 0. The minimum atomic E-state index is -0.0267. The van der Waals surface area contributed by atoms with E-state index in [9.17, 15) is 0 Å². The number of halogens is 1. The maximum absolute atomic E-state index is 8.74. The summed E-state index contributed by atoms with van der Waals surface area (Å²) >= 11 is 7.46. The molecule has 0 radical (unpaired) electrons. The van der Waals surface area contributed by atoms with Crippen LogP contribution in [0.25, 0.3) is 0 Å². The molecule has 2 nitrogen and oxygen atoms in total. The third kappa shape index (κ3) is 2.19. The molecule has 12 heavy (non-hydrogen) atoms. The van der Waals surface area contributed by atoms with E-state index in [-0.39, 0.29) is 12.0 Å². The minimum absolute atomic E-state index is 0.0267. The van der Waals surface area contributed by atoms with Gasteiger partial charge in [-0.1, -0.05) is 0 Å². The fourth-order valence-corrected chi connectivity index (χ4v) is 2.12. The van der Waals surface area contributed by atoms with Gasteiger partial charge < -0.3 is 5.11 Å². The highest BCUT2D eigenvalue weighted by Crippen LogP contribution is 2.27. The normalized spacial score (nSPS) is 13.3. The van der Waals surface area contributed by atoms with Gasteiger partial charge in [0.25, 0.3) is 0 Å². The first-order chi connectivity index (χ1) is 5.65. The second kappa shape index (κ2) is 4.21. The van der Waals surface area contributed by atoms with Gasteiger partial charge in [0, 0.05) is 17.9 Å². The Morgan fingerprint density at radius 3 is 2.75 bits per heavy atom. The number of aliphatic hydroxyl groups is 1. The van der Waals surface area contributed by atoms with Crippen LogP contribution in [-0.2, 0) is 6.42 Å². The van der Waals surface area contributed by atoms with Crippen LogP contribution in [0.2, 0.25) is 0 Å². The van der Waals surface area contributed by atoms with Gasteiger partial charge in [0.05, 0.1) is 11.1 Å². The molecule has 0 aliphatic carbocycles. The molecule has 0 fully saturated rings. The number of aliphatic hydroxyl groups excluding tert-OH is 1. The number of rotatable bonds is 3. The highest BCUT2D eigenvalue weighted by Gasteiger charge is 2.10. The van der Waals surface area contributed by atoms with Gasteiger partial charge >= 0.3 is 0 Å². The molecule has 68 valence electrons. The first kappa shape index (κ1) is 9.96. The summed E-state index contributed by atoms with van der Waals surface area (Å²) in [6.07, 6.45) is 0.688. The Balaban J connectivity index is 2.85. The summed E-state index contributed by atoms with van der Waals surface area (Å²) in [5, 5.41) is 9.65. The molecule has 0 aliphatic heterocycles. The standard InChI is InChI=1S/C8H12ClNOS/c1-5(9)8-10-6(2)7(12-8)3-4-11/h5,11H,3-4H2,1-2H3/t5-/m0/s1. The Morgan fingerprint density at radius 1 is 1.67 bits per heavy atom. The fraction of sp³-hybridized carbons (Fsp3) is 0.625. The SMILES string of the molecule is Cc1nc([C@H](C)Cl)sc1CCO. The van der Waals surface area contributed by atoms with Crippen molar-refractivity contribution in [2.45, 2.75) is 25.6 Å². The van der Waals surface area contributed by atoms with Crippen molar-refractivity contribution in [3.63, 3.8) is 0 Å². The van der Waals surface area contributed by atoms with E-state index in [4.69, 9.17) is 16.7 Å². The summed E-state index contributed by atoms with van der Waals surface area (Å²) in [7, 11) is 0. The lowest BCUT2D eigenvalue weighted by molar-refractivity contribution is 0.300. The van der Waals surface area contributed by atoms with Crippen molar-refractivity contribution in [3.8, 4) is 0 Å². The van der Waals surface area contributed by atoms with E-state index >= 15 is 0 Å². The fourth-order valence-electron chi connectivity index (χ4n) is 0.954. The van der Waals surface area contributed by atoms with Crippen LogP contribution in [0.5, 0.6) is 0 Å². The van der Waals surface area contributed by atoms with E-state index < -0.39 is 0 Å². The molecule has 0 spiro atoms. The molecule has 1 heterocycles. The van der Waals surface area contributed by atoms with Crippen LogP contribution in [0.3, 0.4) is 0 Å². The Hall–Kier alpha value is -0.120. The number of hydrogen-bond donors (Lipinski definition) is 1. The van der Waals surface area contributed by atoms with Crippen molar-refractivity contribution in [1.29, 1.82) is 0 Å². The number of aryl methyl sites for hydroxylation is 1. The largest absolute Gasteiger partial charge is 0.396 e. The third-order valence-corrected chi connectivity index (χ3v) is 3.32. The first-order valence-electron chi connectivity index (χ1n) is 3.86. The number of alkyl halides is 1. The Kier molecular flexibility index (Phi) is 3.50. The number of aromatic nitrogens is 1. The number of thiazole rings is 1. The maximum Gasteiger partial charge on any atom is 0.111 e. The van der Waals surface area contributed by atoms with Crippen molar-refractivity contribution in [2.75, 3.05) is 6.61 Å². The molecule has 1 aromatic heterocycles. The van der Waals surface area contributed by atoms with Crippen LogP contribution in [-0.4, -0.2) is 16.7 Å². The molecule has 0 aromatic carbocycles. The molecular formula is C8H12ClNOS. The highest BCUT2D eigenvalue weighted by atomic mass is 35.5. The summed E-state index contributed by atoms with van der Waals surface area (Å²) in [5.74, 6) is 0. The third-order valence-electron chi connectivity index (χ3n) is 1.59. The number of hydrogen-bond acceptors (Lipinski definition) is 3. The van der Waals surface area contributed by atoms with Crippen molar-refractivity contribution < 1.29 is 5.11 Å². The first-order valence-corrected chi connectivity index (χ1v) is 5.11. The van der Waals surface area contributed by atoms with Crippen LogP contribution < -0.4 is 0 Å². The van der Waals surface area contributed by atoms with Crippen LogP contribution in [0.1, 0.15) is 27.9 Å². The lowest BCUT2D eigenvalue weighted by Crippen LogP contribution is -1.88. The van der Waals surface area contributed by atoms with Crippen molar-refractivity contribution >= 4 is 22.9 Å². The van der Waals surface area contributed by atoms with Crippen LogP contribution in [0.4, 0.5) is 0 Å². The second-order valence-electron chi connectivity index (χ2n) is 2.65. The lowest BCUT2D eigenvalue weighted by Gasteiger charge is -1.92. The summed E-state index contributed by atoms with van der Waals surface area (Å²) in [4.78, 5) is 5.44. The molecular weight excluding hydrogens is 194 g/mol. The van der Waals surface area contributed by atoms with Gasteiger partial charge in [-0.15, -0.1) is 22.9 Å². The van der Waals surface area contributed by atoms with E-state index in [1.807, 2.05) is 13.8 Å². The van der Waals surface area contributed by atoms with Crippen molar-refractivity contribution in [2.24, 2.45) is 0 Å². The summed E-state index contributed by atoms with van der Waals surface area (Å²) in [5.41, 5.74) is 0.997.